The predicted octanol–water partition coefficient (Wildman–Crippen LogP) is 1.92. The maximum absolute atomic E-state index is 10.6. The van der Waals surface area contributed by atoms with Gasteiger partial charge in [0.05, 0.1) is 0 Å². The zero-order chi connectivity index (χ0) is 7.82. The number of unbranched alkanes of at least 4 members (excludes halogenated alkanes) is 2. The van der Waals surface area contributed by atoms with Crippen molar-refractivity contribution in [2.24, 2.45) is 5.73 Å². The van der Waals surface area contributed by atoms with Crippen molar-refractivity contribution in [3.05, 3.63) is 0 Å². The number of carbonyl (C=O) groups is 1. The number of hydrogen-bond donors (Lipinski definition) is 1. The Morgan fingerprint density at radius 3 is 2.60 bits per heavy atom. The molecule has 2 nitrogen and oxygen atoms in total. The predicted molar refractivity (Wildman–Crippen MR) is 46.0 cm³/mol. The third-order valence-corrected chi connectivity index (χ3v) is 2.06. The number of nitrogens with two attached hydrogens (primary N) is 1. The fourth-order valence-corrected chi connectivity index (χ4v) is 1.08. The molecule has 0 aliphatic heterocycles. The van der Waals surface area contributed by atoms with Gasteiger partial charge in [-0.3, -0.25) is 4.79 Å². The van der Waals surface area contributed by atoms with Crippen molar-refractivity contribution in [3.8, 4) is 0 Å². The summed E-state index contributed by atoms with van der Waals surface area (Å²) in [5, 5.41) is 0.0543. The van der Waals surface area contributed by atoms with E-state index >= 15 is 0 Å². The first-order valence-corrected chi connectivity index (χ1v) is 4.97. The molecule has 4 heteroatoms. The zero-order valence-corrected chi connectivity index (χ0v) is 7.38. The largest absolute Gasteiger partial charge is 0.330 e. The van der Waals surface area contributed by atoms with E-state index < -0.39 is 0 Å². The van der Waals surface area contributed by atoms with Crippen LogP contribution in [0.1, 0.15) is 25.7 Å². The van der Waals surface area contributed by atoms with Crippen LogP contribution in [0.2, 0.25) is 0 Å². The maximum atomic E-state index is 10.6. The lowest BCUT2D eigenvalue weighted by Crippen LogP contribution is -1.98. The molecule has 0 saturated carbocycles. The summed E-state index contributed by atoms with van der Waals surface area (Å²) in [6, 6.07) is 0. The van der Waals surface area contributed by atoms with Crippen LogP contribution in [0, 0.1) is 0 Å². The minimum Gasteiger partial charge on any atom is -0.330 e. The van der Waals surface area contributed by atoms with E-state index in [2.05, 4.69) is 0 Å². The molecule has 0 aromatic carbocycles. The molecule has 0 aliphatic carbocycles. The summed E-state index contributed by atoms with van der Waals surface area (Å²) >= 11 is 0. The van der Waals surface area contributed by atoms with Crippen molar-refractivity contribution >= 4 is 26.8 Å². The first-order chi connectivity index (χ1) is 4.81. The van der Waals surface area contributed by atoms with Gasteiger partial charge in [-0.25, -0.2) is 0 Å². The Kier molecular flexibility index (Phi) is 7.58. The molecule has 0 fully saturated rings. The van der Waals surface area contributed by atoms with Crippen LogP contribution < -0.4 is 5.73 Å². The van der Waals surface area contributed by atoms with Gasteiger partial charge in [0.2, 0.25) is 5.12 Å². The Balaban J connectivity index is 2.96. The van der Waals surface area contributed by atoms with Crippen LogP contribution in [-0.2, 0) is 4.79 Å². The molecule has 0 rings (SSSR count). The summed E-state index contributed by atoms with van der Waals surface area (Å²) in [6.07, 6.45) is 3.52. The van der Waals surface area contributed by atoms with Crippen LogP contribution in [-0.4, -0.2) is 11.7 Å². The summed E-state index contributed by atoms with van der Waals surface area (Å²) in [4.78, 5) is 10.6. The number of rotatable bonds is 5. The molecular weight excluding hydrogens is 170 g/mol. The normalized spacial score (nSPS) is 9.80. The highest BCUT2D eigenvalue weighted by Gasteiger charge is 1.98. The fourth-order valence-electron chi connectivity index (χ4n) is 0.629. The lowest BCUT2D eigenvalue weighted by atomic mass is 10.2. The van der Waals surface area contributed by atoms with E-state index in [9.17, 15) is 4.79 Å². The van der Waals surface area contributed by atoms with Gasteiger partial charge in [-0.15, -0.1) is 0 Å². The van der Waals surface area contributed by atoms with Gasteiger partial charge in [-0.05, 0) is 30.1 Å². The number of hydrogen-bond acceptors (Lipinski definition) is 3. The molecule has 0 amide bonds. The smallest absolute Gasteiger partial charge is 0.204 e. The van der Waals surface area contributed by atoms with Crippen molar-refractivity contribution in [1.29, 1.82) is 0 Å². The highest BCUT2D eigenvalue weighted by atomic mass is 35.7. The molecule has 0 saturated heterocycles. The van der Waals surface area contributed by atoms with Gasteiger partial charge in [0.1, 0.15) is 0 Å². The monoisotopic (exact) mass is 181 g/mol. The summed E-state index contributed by atoms with van der Waals surface area (Å²) < 4.78 is 0. The second-order valence-electron chi connectivity index (χ2n) is 2.05. The quantitative estimate of drug-likeness (QED) is 0.660. The van der Waals surface area contributed by atoms with E-state index in [-0.39, 0.29) is 5.12 Å². The third kappa shape index (κ3) is 6.39. The minimum atomic E-state index is 0.0543. The Hall–Kier alpha value is 0.270. The SMILES string of the molecule is NCCCCCC(=O)SCl. The van der Waals surface area contributed by atoms with E-state index in [0.29, 0.717) is 13.0 Å². The highest BCUT2D eigenvalue weighted by Crippen LogP contribution is 2.12. The topological polar surface area (TPSA) is 43.1 Å². The van der Waals surface area contributed by atoms with Crippen molar-refractivity contribution in [2.75, 3.05) is 6.54 Å². The van der Waals surface area contributed by atoms with Gasteiger partial charge in [0.15, 0.2) is 0 Å². The van der Waals surface area contributed by atoms with E-state index in [0.717, 1.165) is 30.2 Å². The molecule has 0 spiro atoms. The zero-order valence-electron chi connectivity index (χ0n) is 5.81. The number of carbonyl (C=O) groups excluding carboxylic acids is 1. The highest BCUT2D eigenvalue weighted by molar-refractivity contribution is 8.32. The first kappa shape index (κ1) is 10.3. The fraction of sp³-hybridized carbons (Fsp3) is 0.833. The van der Waals surface area contributed by atoms with Gasteiger partial charge in [0, 0.05) is 17.4 Å². The van der Waals surface area contributed by atoms with Gasteiger partial charge in [0.25, 0.3) is 0 Å². The van der Waals surface area contributed by atoms with E-state index in [1.807, 2.05) is 0 Å². The van der Waals surface area contributed by atoms with Gasteiger partial charge >= 0.3 is 0 Å². The van der Waals surface area contributed by atoms with Gasteiger partial charge < -0.3 is 5.73 Å². The Morgan fingerprint density at radius 2 is 2.10 bits per heavy atom. The molecule has 10 heavy (non-hydrogen) atoms. The molecule has 0 atom stereocenters. The van der Waals surface area contributed by atoms with E-state index in [1.54, 1.807) is 0 Å². The molecule has 0 aliphatic rings. The molecule has 2 N–H and O–H groups in total. The molecule has 0 aromatic heterocycles. The molecular formula is C6H12ClNOS. The lowest BCUT2D eigenvalue weighted by Gasteiger charge is -1.94. The van der Waals surface area contributed by atoms with E-state index in [4.69, 9.17) is 16.4 Å². The van der Waals surface area contributed by atoms with Gasteiger partial charge in [-0.2, -0.15) is 0 Å². The average molecular weight is 182 g/mol. The third-order valence-electron chi connectivity index (χ3n) is 1.17. The summed E-state index contributed by atoms with van der Waals surface area (Å²) in [7, 11) is 5.99. The van der Waals surface area contributed by atoms with Crippen LogP contribution in [0.3, 0.4) is 0 Å². The van der Waals surface area contributed by atoms with Crippen LogP contribution in [0.15, 0.2) is 0 Å². The molecule has 60 valence electrons. The molecule has 0 unspecified atom stereocenters. The van der Waals surface area contributed by atoms with Crippen molar-refractivity contribution in [2.45, 2.75) is 25.7 Å². The van der Waals surface area contributed by atoms with Crippen LogP contribution >= 0.6 is 21.7 Å². The summed E-state index contributed by atoms with van der Waals surface area (Å²) in [6.45, 7) is 0.711. The van der Waals surface area contributed by atoms with E-state index in [1.165, 1.54) is 0 Å². The molecule has 0 bridgehead atoms. The van der Waals surface area contributed by atoms with Crippen molar-refractivity contribution in [1.82, 2.24) is 0 Å². The Bertz CT molecular complexity index is 99.7. The average Bonchev–Trinajstić information content (AvgIpc) is 1.98. The molecule has 0 aromatic rings. The summed E-state index contributed by atoms with van der Waals surface area (Å²) in [5.74, 6) is 0. The van der Waals surface area contributed by atoms with Crippen molar-refractivity contribution in [3.63, 3.8) is 0 Å². The molecule has 0 heterocycles. The van der Waals surface area contributed by atoms with Crippen molar-refractivity contribution < 1.29 is 4.79 Å². The van der Waals surface area contributed by atoms with Gasteiger partial charge in [-0.1, -0.05) is 6.42 Å². The van der Waals surface area contributed by atoms with Crippen LogP contribution in [0.5, 0.6) is 0 Å². The Labute approximate surface area is 70.0 Å². The van der Waals surface area contributed by atoms with Crippen LogP contribution in [0.25, 0.3) is 0 Å². The second kappa shape index (κ2) is 7.38. The maximum Gasteiger partial charge on any atom is 0.204 e. The molecule has 0 radical (unpaired) electrons. The minimum absolute atomic E-state index is 0.0543. The Morgan fingerprint density at radius 1 is 1.40 bits per heavy atom. The standard InChI is InChI=1S/C6H12ClNOS/c7-10-6(9)4-2-1-3-5-8/h1-5,8H2. The number of halogens is 1. The van der Waals surface area contributed by atoms with Crippen LogP contribution in [0.4, 0.5) is 0 Å². The first-order valence-electron chi connectivity index (χ1n) is 3.32. The lowest BCUT2D eigenvalue weighted by molar-refractivity contribution is -0.110. The summed E-state index contributed by atoms with van der Waals surface area (Å²) in [5.41, 5.74) is 5.26. The second-order valence-corrected chi connectivity index (χ2v) is 3.12.